The van der Waals surface area contributed by atoms with Gasteiger partial charge in [-0.25, -0.2) is 0 Å². The van der Waals surface area contributed by atoms with E-state index in [1.54, 1.807) is 0 Å². The summed E-state index contributed by atoms with van der Waals surface area (Å²) in [5.41, 5.74) is 12.3. The van der Waals surface area contributed by atoms with Crippen molar-refractivity contribution in [3.63, 3.8) is 0 Å². The van der Waals surface area contributed by atoms with Crippen molar-refractivity contribution in [3.05, 3.63) is 53.6 Å². The van der Waals surface area contributed by atoms with E-state index < -0.39 is 0 Å². The van der Waals surface area contributed by atoms with E-state index in [1.807, 2.05) is 6.07 Å². The SMILES string of the molecule is Cc1c(CCN2CCNCC2C)ccc(-c2ccccc2)c1N. The smallest absolute Gasteiger partial charge is 0.0426 e. The fourth-order valence-corrected chi connectivity index (χ4v) is 3.39. The standard InChI is InChI=1S/C20H27N3/c1-15-14-22-11-13-23(15)12-10-17-8-9-19(20(21)16(17)2)18-6-4-3-5-7-18/h3-9,15,22H,10-14,21H2,1-2H3. The average Bonchev–Trinajstić information content (AvgIpc) is 2.58. The van der Waals surface area contributed by atoms with Gasteiger partial charge in [-0.3, -0.25) is 4.90 Å². The molecule has 2 aromatic carbocycles. The predicted octanol–water partition coefficient (Wildman–Crippen LogP) is 3.08. The molecule has 1 unspecified atom stereocenters. The number of rotatable bonds is 4. The van der Waals surface area contributed by atoms with Crippen LogP contribution in [-0.2, 0) is 6.42 Å². The van der Waals surface area contributed by atoms with E-state index in [1.165, 1.54) is 16.7 Å². The van der Waals surface area contributed by atoms with E-state index in [2.05, 4.69) is 60.5 Å². The van der Waals surface area contributed by atoms with Crippen LogP contribution in [-0.4, -0.2) is 37.1 Å². The van der Waals surface area contributed by atoms with Gasteiger partial charge in [0.1, 0.15) is 0 Å². The molecule has 2 aromatic rings. The molecule has 1 aliphatic rings. The normalized spacial score (nSPS) is 19.0. The van der Waals surface area contributed by atoms with Crippen molar-refractivity contribution in [3.8, 4) is 11.1 Å². The third-order valence-electron chi connectivity index (χ3n) is 5.02. The highest BCUT2D eigenvalue weighted by Crippen LogP contribution is 2.30. The van der Waals surface area contributed by atoms with Crippen LogP contribution in [0.15, 0.2) is 42.5 Å². The first-order valence-corrected chi connectivity index (χ1v) is 8.55. The number of piperazine rings is 1. The molecule has 1 fully saturated rings. The van der Waals surface area contributed by atoms with E-state index in [-0.39, 0.29) is 0 Å². The lowest BCUT2D eigenvalue weighted by Gasteiger charge is -2.34. The molecule has 1 atom stereocenters. The van der Waals surface area contributed by atoms with Crippen molar-refractivity contribution < 1.29 is 0 Å². The minimum absolute atomic E-state index is 0.616. The minimum Gasteiger partial charge on any atom is -0.398 e. The van der Waals surface area contributed by atoms with Gasteiger partial charge in [0.25, 0.3) is 0 Å². The molecule has 0 bridgehead atoms. The minimum atomic E-state index is 0.616. The van der Waals surface area contributed by atoms with Crippen LogP contribution in [0.5, 0.6) is 0 Å². The first-order valence-electron chi connectivity index (χ1n) is 8.55. The van der Waals surface area contributed by atoms with E-state index in [0.29, 0.717) is 6.04 Å². The second-order valence-corrected chi connectivity index (χ2v) is 6.52. The quantitative estimate of drug-likeness (QED) is 0.853. The fourth-order valence-electron chi connectivity index (χ4n) is 3.39. The third-order valence-corrected chi connectivity index (χ3v) is 5.02. The van der Waals surface area contributed by atoms with Crippen LogP contribution < -0.4 is 11.1 Å². The molecular formula is C20H27N3. The Hall–Kier alpha value is -1.84. The Kier molecular flexibility index (Phi) is 4.99. The third kappa shape index (κ3) is 3.57. The monoisotopic (exact) mass is 309 g/mol. The van der Waals surface area contributed by atoms with Crippen molar-refractivity contribution in [2.45, 2.75) is 26.3 Å². The molecule has 3 N–H and O–H groups in total. The van der Waals surface area contributed by atoms with Gasteiger partial charge in [0.05, 0.1) is 0 Å². The number of benzene rings is 2. The van der Waals surface area contributed by atoms with Crippen LogP contribution in [0.25, 0.3) is 11.1 Å². The van der Waals surface area contributed by atoms with E-state index in [9.17, 15) is 0 Å². The first kappa shape index (κ1) is 16.0. The van der Waals surface area contributed by atoms with Crippen LogP contribution >= 0.6 is 0 Å². The van der Waals surface area contributed by atoms with Gasteiger partial charge in [-0.2, -0.15) is 0 Å². The molecule has 0 radical (unpaired) electrons. The molecule has 23 heavy (non-hydrogen) atoms. The average molecular weight is 309 g/mol. The topological polar surface area (TPSA) is 41.3 Å². The number of nitrogens with zero attached hydrogens (tertiary/aromatic N) is 1. The summed E-state index contributed by atoms with van der Waals surface area (Å²) >= 11 is 0. The summed E-state index contributed by atoms with van der Waals surface area (Å²) < 4.78 is 0. The molecular weight excluding hydrogens is 282 g/mol. The van der Waals surface area contributed by atoms with Crippen LogP contribution in [0, 0.1) is 6.92 Å². The van der Waals surface area contributed by atoms with Gasteiger partial charge in [0, 0.05) is 43.5 Å². The number of nitrogens with two attached hydrogens (primary N) is 1. The highest BCUT2D eigenvalue weighted by molar-refractivity contribution is 5.79. The van der Waals surface area contributed by atoms with Crippen molar-refractivity contribution in [2.75, 3.05) is 31.9 Å². The summed E-state index contributed by atoms with van der Waals surface area (Å²) in [6, 6.07) is 15.4. The highest BCUT2D eigenvalue weighted by atomic mass is 15.2. The Bertz CT molecular complexity index is 651. The van der Waals surface area contributed by atoms with Gasteiger partial charge < -0.3 is 11.1 Å². The van der Waals surface area contributed by atoms with Gasteiger partial charge in [-0.15, -0.1) is 0 Å². The first-order chi connectivity index (χ1) is 11.2. The van der Waals surface area contributed by atoms with Crippen LogP contribution in [0.2, 0.25) is 0 Å². The number of hydrogen-bond donors (Lipinski definition) is 2. The Morgan fingerprint density at radius 3 is 2.70 bits per heavy atom. The van der Waals surface area contributed by atoms with Gasteiger partial charge >= 0.3 is 0 Å². The van der Waals surface area contributed by atoms with Crippen molar-refractivity contribution in [2.24, 2.45) is 0 Å². The Labute approximate surface area is 139 Å². The van der Waals surface area contributed by atoms with Gasteiger partial charge in [-0.1, -0.05) is 42.5 Å². The summed E-state index contributed by atoms with van der Waals surface area (Å²) in [5.74, 6) is 0. The lowest BCUT2D eigenvalue weighted by molar-refractivity contribution is 0.176. The molecule has 0 spiro atoms. The summed E-state index contributed by atoms with van der Waals surface area (Å²) in [5, 5.41) is 3.45. The molecule has 3 heteroatoms. The second-order valence-electron chi connectivity index (χ2n) is 6.52. The highest BCUT2D eigenvalue weighted by Gasteiger charge is 2.18. The van der Waals surface area contributed by atoms with Gasteiger partial charge in [-0.05, 0) is 37.0 Å². The van der Waals surface area contributed by atoms with Crippen LogP contribution in [0.1, 0.15) is 18.1 Å². The van der Waals surface area contributed by atoms with E-state index >= 15 is 0 Å². The molecule has 0 saturated carbocycles. The molecule has 0 aliphatic carbocycles. The van der Waals surface area contributed by atoms with E-state index in [0.717, 1.165) is 43.9 Å². The van der Waals surface area contributed by atoms with Crippen molar-refractivity contribution >= 4 is 5.69 Å². The number of hydrogen-bond acceptors (Lipinski definition) is 3. The number of nitrogens with one attached hydrogen (secondary N) is 1. The Morgan fingerprint density at radius 1 is 1.17 bits per heavy atom. The molecule has 122 valence electrons. The zero-order valence-corrected chi connectivity index (χ0v) is 14.2. The van der Waals surface area contributed by atoms with Gasteiger partial charge in [0.2, 0.25) is 0 Å². The number of anilines is 1. The maximum Gasteiger partial charge on any atom is 0.0426 e. The zero-order valence-electron chi connectivity index (χ0n) is 14.2. The summed E-state index contributed by atoms with van der Waals surface area (Å²) in [6.45, 7) is 8.88. The largest absolute Gasteiger partial charge is 0.398 e. The van der Waals surface area contributed by atoms with E-state index in [4.69, 9.17) is 5.73 Å². The summed E-state index contributed by atoms with van der Waals surface area (Å²) in [6.07, 6.45) is 1.06. The lowest BCUT2D eigenvalue weighted by atomic mass is 9.95. The van der Waals surface area contributed by atoms with Crippen molar-refractivity contribution in [1.82, 2.24) is 10.2 Å². The van der Waals surface area contributed by atoms with Gasteiger partial charge in [0.15, 0.2) is 0 Å². The lowest BCUT2D eigenvalue weighted by Crippen LogP contribution is -2.50. The zero-order chi connectivity index (χ0) is 16.2. The number of nitrogen functional groups attached to an aromatic ring is 1. The van der Waals surface area contributed by atoms with Crippen LogP contribution in [0.3, 0.4) is 0 Å². The predicted molar refractivity (Wildman–Crippen MR) is 98.6 cm³/mol. The molecule has 3 rings (SSSR count). The molecule has 1 heterocycles. The Morgan fingerprint density at radius 2 is 1.96 bits per heavy atom. The Balaban J connectivity index is 1.75. The molecule has 0 amide bonds. The summed E-state index contributed by atoms with van der Waals surface area (Å²) in [4.78, 5) is 2.57. The van der Waals surface area contributed by atoms with Crippen LogP contribution in [0.4, 0.5) is 5.69 Å². The molecule has 1 aliphatic heterocycles. The second kappa shape index (κ2) is 7.16. The molecule has 0 aromatic heterocycles. The maximum atomic E-state index is 6.43. The molecule has 1 saturated heterocycles. The maximum absolute atomic E-state index is 6.43. The van der Waals surface area contributed by atoms with Crippen molar-refractivity contribution in [1.29, 1.82) is 0 Å². The fraction of sp³-hybridized carbons (Fsp3) is 0.400. The molecule has 3 nitrogen and oxygen atoms in total. The summed E-state index contributed by atoms with van der Waals surface area (Å²) in [7, 11) is 0.